The van der Waals surface area contributed by atoms with E-state index in [1.807, 2.05) is 13.8 Å². The van der Waals surface area contributed by atoms with Crippen LogP contribution >= 0.6 is 0 Å². The van der Waals surface area contributed by atoms with Gasteiger partial charge in [-0.05, 0) is 25.2 Å². The third-order valence-corrected chi connectivity index (χ3v) is 3.48. The summed E-state index contributed by atoms with van der Waals surface area (Å²) in [6.45, 7) is 6.09. The summed E-state index contributed by atoms with van der Waals surface area (Å²) in [5.41, 5.74) is 5.34. The van der Waals surface area contributed by atoms with E-state index in [1.54, 1.807) is 0 Å². The van der Waals surface area contributed by atoms with Crippen LogP contribution in [0.15, 0.2) is 0 Å². The van der Waals surface area contributed by atoms with Crippen molar-refractivity contribution >= 4 is 5.91 Å². The van der Waals surface area contributed by atoms with Crippen molar-refractivity contribution in [2.45, 2.75) is 58.0 Å². The maximum atomic E-state index is 11.8. The Morgan fingerprint density at radius 1 is 1.43 bits per heavy atom. The number of carbonyl (C=O) groups is 1. The van der Waals surface area contributed by atoms with Gasteiger partial charge >= 0.3 is 0 Å². The fraction of sp³-hybridized carbons (Fsp3) is 0.909. The lowest BCUT2D eigenvalue weighted by molar-refractivity contribution is -0.126. The van der Waals surface area contributed by atoms with Crippen LogP contribution in [0.4, 0.5) is 0 Å². The highest BCUT2D eigenvalue weighted by molar-refractivity contribution is 5.86. The zero-order valence-corrected chi connectivity index (χ0v) is 9.47. The van der Waals surface area contributed by atoms with E-state index in [-0.39, 0.29) is 5.91 Å². The van der Waals surface area contributed by atoms with E-state index in [0.29, 0.717) is 24.8 Å². The van der Waals surface area contributed by atoms with Crippen LogP contribution < -0.4 is 11.1 Å². The molecule has 0 heterocycles. The molecule has 2 atom stereocenters. The van der Waals surface area contributed by atoms with E-state index >= 15 is 0 Å². The highest BCUT2D eigenvalue weighted by Crippen LogP contribution is 2.33. The number of hydrogen-bond donors (Lipinski definition) is 2. The Bertz CT molecular complexity index is 211. The molecule has 1 amide bonds. The average molecular weight is 198 g/mol. The summed E-state index contributed by atoms with van der Waals surface area (Å²) in [7, 11) is 0. The van der Waals surface area contributed by atoms with E-state index in [4.69, 9.17) is 5.73 Å². The van der Waals surface area contributed by atoms with Crippen LogP contribution in [-0.4, -0.2) is 17.5 Å². The minimum absolute atomic E-state index is 0.0310. The van der Waals surface area contributed by atoms with Gasteiger partial charge in [-0.25, -0.2) is 0 Å². The minimum atomic E-state index is -0.652. The Labute approximate surface area is 86.4 Å². The van der Waals surface area contributed by atoms with E-state index < -0.39 is 5.54 Å². The topological polar surface area (TPSA) is 55.1 Å². The van der Waals surface area contributed by atoms with Crippen LogP contribution in [0.1, 0.15) is 46.5 Å². The Morgan fingerprint density at radius 2 is 2.00 bits per heavy atom. The molecule has 0 spiro atoms. The summed E-state index contributed by atoms with van der Waals surface area (Å²) in [6, 6.07) is 0.397. The van der Waals surface area contributed by atoms with Crippen molar-refractivity contribution < 1.29 is 4.79 Å². The second-order valence-corrected chi connectivity index (χ2v) is 4.35. The van der Waals surface area contributed by atoms with Crippen molar-refractivity contribution in [1.29, 1.82) is 0 Å². The molecule has 1 rings (SSSR count). The Kier molecular flexibility index (Phi) is 3.53. The van der Waals surface area contributed by atoms with Crippen LogP contribution in [0.25, 0.3) is 0 Å². The van der Waals surface area contributed by atoms with Crippen LogP contribution in [-0.2, 0) is 4.79 Å². The van der Waals surface area contributed by atoms with Crippen molar-refractivity contribution in [3.8, 4) is 0 Å². The average Bonchev–Trinajstić information content (AvgIpc) is 2.95. The van der Waals surface area contributed by atoms with Gasteiger partial charge in [0.1, 0.15) is 0 Å². The van der Waals surface area contributed by atoms with E-state index in [1.165, 1.54) is 0 Å². The molecule has 1 aliphatic rings. The van der Waals surface area contributed by atoms with Gasteiger partial charge in [-0.1, -0.05) is 27.2 Å². The molecule has 3 heteroatoms. The molecule has 14 heavy (non-hydrogen) atoms. The predicted octanol–water partition coefficient (Wildman–Crippen LogP) is 1.42. The van der Waals surface area contributed by atoms with Crippen molar-refractivity contribution in [3.63, 3.8) is 0 Å². The standard InChI is InChI=1S/C11H22N2O/c1-4-8-7-9(8)13-10(14)11(12,5-2)6-3/h8-9H,4-7,12H2,1-3H3,(H,13,14). The fourth-order valence-corrected chi connectivity index (χ4v) is 1.76. The van der Waals surface area contributed by atoms with Gasteiger partial charge in [0.2, 0.25) is 5.91 Å². The normalized spacial score (nSPS) is 26.0. The van der Waals surface area contributed by atoms with Crippen molar-refractivity contribution in [2.75, 3.05) is 0 Å². The highest BCUT2D eigenvalue weighted by Gasteiger charge is 2.40. The molecule has 0 radical (unpaired) electrons. The SMILES string of the molecule is CCC1CC1NC(=O)C(N)(CC)CC. The van der Waals surface area contributed by atoms with Gasteiger partial charge in [-0.15, -0.1) is 0 Å². The highest BCUT2D eigenvalue weighted by atomic mass is 16.2. The smallest absolute Gasteiger partial charge is 0.240 e. The lowest BCUT2D eigenvalue weighted by atomic mass is 9.93. The third-order valence-electron chi connectivity index (χ3n) is 3.48. The first kappa shape index (κ1) is 11.5. The molecule has 3 nitrogen and oxygen atoms in total. The zero-order chi connectivity index (χ0) is 10.8. The summed E-state index contributed by atoms with van der Waals surface area (Å²) < 4.78 is 0. The lowest BCUT2D eigenvalue weighted by Gasteiger charge is -2.25. The molecule has 3 N–H and O–H groups in total. The fourth-order valence-electron chi connectivity index (χ4n) is 1.76. The van der Waals surface area contributed by atoms with Gasteiger partial charge in [0, 0.05) is 6.04 Å². The summed E-state index contributed by atoms with van der Waals surface area (Å²) in [4.78, 5) is 11.8. The van der Waals surface area contributed by atoms with Crippen molar-refractivity contribution in [2.24, 2.45) is 11.7 Å². The number of nitrogens with one attached hydrogen (secondary N) is 1. The first-order chi connectivity index (χ1) is 6.57. The first-order valence-electron chi connectivity index (χ1n) is 5.67. The van der Waals surface area contributed by atoms with E-state index in [2.05, 4.69) is 12.2 Å². The molecule has 0 aromatic carbocycles. The molecule has 1 fully saturated rings. The van der Waals surface area contributed by atoms with E-state index in [0.717, 1.165) is 12.8 Å². The summed E-state index contributed by atoms with van der Waals surface area (Å²) >= 11 is 0. The number of hydrogen-bond acceptors (Lipinski definition) is 2. The molecular formula is C11H22N2O. The maximum Gasteiger partial charge on any atom is 0.240 e. The van der Waals surface area contributed by atoms with Gasteiger partial charge in [0.15, 0.2) is 0 Å². The maximum absolute atomic E-state index is 11.8. The molecular weight excluding hydrogens is 176 g/mol. The number of nitrogens with two attached hydrogens (primary N) is 1. The van der Waals surface area contributed by atoms with Crippen LogP contribution in [0.5, 0.6) is 0 Å². The predicted molar refractivity (Wildman–Crippen MR) is 57.8 cm³/mol. The Morgan fingerprint density at radius 3 is 2.36 bits per heavy atom. The quantitative estimate of drug-likeness (QED) is 0.702. The first-order valence-corrected chi connectivity index (χ1v) is 5.67. The van der Waals surface area contributed by atoms with Crippen LogP contribution in [0.3, 0.4) is 0 Å². The molecule has 1 saturated carbocycles. The summed E-state index contributed by atoms with van der Waals surface area (Å²) in [6.07, 6.45) is 3.70. The molecule has 0 bridgehead atoms. The lowest BCUT2D eigenvalue weighted by Crippen LogP contribution is -2.53. The second-order valence-electron chi connectivity index (χ2n) is 4.35. The molecule has 1 aliphatic carbocycles. The Hall–Kier alpha value is -0.570. The molecule has 0 aromatic rings. The van der Waals surface area contributed by atoms with Crippen LogP contribution in [0, 0.1) is 5.92 Å². The van der Waals surface area contributed by atoms with Gasteiger partial charge in [-0.3, -0.25) is 4.79 Å². The molecule has 0 aromatic heterocycles. The second kappa shape index (κ2) is 4.30. The molecule has 82 valence electrons. The van der Waals surface area contributed by atoms with Crippen LogP contribution in [0.2, 0.25) is 0 Å². The number of carbonyl (C=O) groups excluding carboxylic acids is 1. The van der Waals surface area contributed by atoms with Crippen molar-refractivity contribution in [1.82, 2.24) is 5.32 Å². The molecule has 0 aliphatic heterocycles. The minimum Gasteiger partial charge on any atom is -0.351 e. The zero-order valence-electron chi connectivity index (χ0n) is 9.47. The molecule has 2 unspecified atom stereocenters. The van der Waals surface area contributed by atoms with Gasteiger partial charge in [0.05, 0.1) is 5.54 Å². The Balaban J connectivity index is 2.41. The monoisotopic (exact) mass is 198 g/mol. The van der Waals surface area contributed by atoms with Gasteiger partial charge in [-0.2, -0.15) is 0 Å². The summed E-state index contributed by atoms with van der Waals surface area (Å²) in [5.74, 6) is 0.723. The number of amides is 1. The van der Waals surface area contributed by atoms with Gasteiger partial charge in [0.25, 0.3) is 0 Å². The number of rotatable bonds is 5. The molecule has 0 saturated heterocycles. The largest absolute Gasteiger partial charge is 0.351 e. The van der Waals surface area contributed by atoms with E-state index in [9.17, 15) is 4.79 Å². The van der Waals surface area contributed by atoms with Crippen molar-refractivity contribution in [3.05, 3.63) is 0 Å². The van der Waals surface area contributed by atoms with Gasteiger partial charge < -0.3 is 11.1 Å². The summed E-state index contributed by atoms with van der Waals surface area (Å²) in [5, 5.41) is 3.03. The third kappa shape index (κ3) is 2.27.